The predicted molar refractivity (Wildman–Crippen MR) is 41.9 cm³/mol. The van der Waals surface area contributed by atoms with Crippen molar-refractivity contribution in [3.05, 3.63) is 11.6 Å². The first-order chi connectivity index (χ1) is 4.70. The number of rotatable bonds is 4. The van der Waals surface area contributed by atoms with E-state index in [1.165, 1.54) is 0 Å². The molecule has 0 fully saturated rings. The van der Waals surface area contributed by atoms with Crippen LogP contribution in [-0.4, -0.2) is 24.9 Å². The molecule has 0 aliphatic carbocycles. The fourth-order valence-corrected chi connectivity index (χ4v) is 0.795. The zero-order chi connectivity index (χ0) is 7.98. The maximum atomic E-state index is 8.95. The summed E-state index contributed by atoms with van der Waals surface area (Å²) in [6, 6.07) is 0. The molecule has 60 valence electrons. The van der Waals surface area contributed by atoms with Crippen LogP contribution in [0.15, 0.2) is 11.6 Å². The van der Waals surface area contributed by atoms with E-state index in [0.29, 0.717) is 6.61 Å². The van der Waals surface area contributed by atoms with Gasteiger partial charge in [0.05, 0.1) is 12.7 Å². The Hall–Kier alpha value is -0.340. The highest BCUT2D eigenvalue weighted by molar-refractivity contribution is 5.03. The van der Waals surface area contributed by atoms with Crippen molar-refractivity contribution >= 4 is 0 Å². The van der Waals surface area contributed by atoms with Gasteiger partial charge in [-0.25, -0.2) is 0 Å². The highest BCUT2D eigenvalue weighted by Gasteiger charge is 1.94. The summed E-state index contributed by atoms with van der Waals surface area (Å²) >= 11 is 0. The van der Waals surface area contributed by atoms with Crippen molar-refractivity contribution in [1.82, 2.24) is 0 Å². The molecule has 0 rings (SSSR count). The lowest BCUT2D eigenvalue weighted by molar-refractivity contribution is 0.215. The third-order valence-corrected chi connectivity index (χ3v) is 1.26. The monoisotopic (exact) mass is 144 g/mol. The molecule has 0 aromatic rings. The lowest BCUT2D eigenvalue weighted by Gasteiger charge is -2.03. The van der Waals surface area contributed by atoms with Gasteiger partial charge >= 0.3 is 0 Å². The molecule has 0 amide bonds. The van der Waals surface area contributed by atoms with Gasteiger partial charge in [-0.1, -0.05) is 13.0 Å². The molecule has 0 aliphatic rings. The molecule has 0 radical (unpaired) electrons. The number of aliphatic hydroxyl groups is 1. The van der Waals surface area contributed by atoms with Gasteiger partial charge in [0.2, 0.25) is 0 Å². The highest BCUT2D eigenvalue weighted by atomic mass is 16.5. The van der Waals surface area contributed by atoms with Crippen molar-refractivity contribution in [2.24, 2.45) is 0 Å². The predicted octanol–water partition coefficient (Wildman–Crippen LogP) is 1.35. The van der Waals surface area contributed by atoms with Crippen LogP contribution in [0.3, 0.4) is 0 Å². The van der Waals surface area contributed by atoms with Gasteiger partial charge < -0.3 is 9.84 Å². The van der Waals surface area contributed by atoms with Crippen LogP contribution in [0.5, 0.6) is 0 Å². The van der Waals surface area contributed by atoms with Gasteiger partial charge in [0.15, 0.2) is 0 Å². The zero-order valence-corrected chi connectivity index (χ0v) is 6.92. The minimum absolute atomic E-state index is 0.356. The first-order valence-corrected chi connectivity index (χ1v) is 3.57. The normalized spacial score (nSPS) is 15.4. The molecule has 1 N–H and O–H groups in total. The van der Waals surface area contributed by atoms with Crippen molar-refractivity contribution in [2.45, 2.75) is 26.4 Å². The van der Waals surface area contributed by atoms with Crippen LogP contribution in [-0.2, 0) is 4.74 Å². The summed E-state index contributed by atoms with van der Waals surface area (Å²) in [6.07, 6.45) is 2.41. The molecule has 0 aromatic heterocycles. The third kappa shape index (κ3) is 4.53. The van der Waals surface area contributed by atoms with Crippen LogP contribution in [0.4, 0.5) is 0 Å². The molecule has 2 nitrogen and oxygen atoms in total. The molecule has 0 bridgehead atoms. The Morgan fingerprint density at radius 1 is 1.70 bits per heavy atom. The standard InChI is InChI=1S/C8H16O2/c1-4-8(6-10-3)5-7(2)9/h5,7,9H,4,6H2,1-3H3. The van der Waals surface area contributed by atoms with Crippen molar-refractivity contribution in [1.29, 1.82) is 0 Å². The third-order valence-electron chi connectivity index (χ3n) is 1.26. The molecule has 0 aromatic carbocycles. The van der Waals surface area contributed by atoms with E-state index >= 15 is 0 Å². The van der Waals surface area contributed by atoms with Gasteiger partial charge in [0.25, 0.3) is 0 Å². The second-order valence-electron chi connectivity index (χ2n) is 2.35. The average molecular weight is 144 g/mol. The Morgan fingerprint density at radius 3 is 2.60 bits per heavy atom. The second-order valence-corrected chi connectivity index (χ2v) is 2.35. The van der Waals surface area contributed by atoms with Crippen molar-refractivity contribution < 1.29 is 9.84 Å². The van der Waals surface area contributed by atoms with Gasteiger partial charge in [-0.15, -0.1) is 0 Å². The molecule has 1 unspecified atom stereocenters. The molecule has 0 spiro atoms. The summed E-state index contributed by atoms with van der Waals surface area (Å²) in [6.45, 7) is 4.42. The molecule has 10 heavy (non-hydrogen) atoms. The maximum absolute atomic E-state index is 8.95. The van der Waals surface area contributed by atoms with E-state index in [4.69, 9.17) is 9.84 Å². The second kappa shape index (κ2) is 5.45. The van der Waals surface area contributed by atoms with E-state index in [0.717, 1.165) is 12.0 Å². The van der Waals surface area contributed by atoms with Crippen LogP contribution in [0.25, 0.3) is 0 Å². The van der Waals surface area contributed by atoms with Crippen LogP contribution in [0, 0.1) is 0 Å². The molecule has 0 heterocycles. The number of ether oxygens (including phenoxy) is 1. The quantitative estimate of drug-likeness (QED) is 0.603. The molecule has 0 saturated carbocycles. The summed E-state index contributed by atoms with van der Waals surface area (Å²) in [7, 11) is 1.66. The van der Waals surface area contributed by atoms with Gasteiger partial charge in [0, 0.05) is 7.11 Å². The Morgan fingerprint density at radius 2 is 2.30 bits per heavy atom. The summed E-state index contributed by atoms with van der Waals surface area (Å²) in [5.41, 5.74) is 1.15. The van der Waals surface area contributed by atoms with Gasteiger partial charge in [-0.05, 0) is 18.9 Å². The van der Waals surface area contributed by atoms with Crippen LogP contribution < -0.4 is 0 Å². The highest BCUT2D eigenvalue weighted by Crippen LogP contribution is 2.01. The number of hydrogen-bond donors (Lipinski definition) is 1. The molecule has 0 aliphatic heterocycles. The number of aliphatic hydroxyl groups excluding tert-OH is 1. The summed E-state index contributed by atoms with van der Waals surface area (Å²) in [5, 5.41) is 8.95. The lowest BCUT2D eigenvalue weighted by Crippen LogP contribution is -2.00. The first-order valence-electron chi connectivity index (χ1n) is 3.57. The van der Waals surface area contributed by atoms with Crippen molar-refractivity contribution in [3.63, 3.8) is 0 Å². The minimum atomic E-state index is -0.356. The van der Waals surface area contributed by atoms with E-state index in [9.17, 15) is 0 Å². The summed E-state index contributed by atoms with van der Waals surface area (Å²) in [5.74, 6) is 0. The Balaban J connectivity index is 3.78. The number of hydrogen-bond acceptors (Lipinski definition) is 2. The average Bonchev–Trinajstić information content (AvgIpc) is 1.86. The molecule has 1 atom stereocenters. The van der Waals surface area contributed by atoms with Gasteiger partial charge in [-0.3, -0.25) is 0 Å². The SMILES string of the molecule is CCC(=CC(C)O)COC. The Bertz CT molecular complexity index is 106. The van der Waals surface area contributed by atoms with E-state index in [2.05, 4.69) is 0 Å². The maximum Gasteiger partial charge on any atom is 0.0696 e. The van der Waals surface area contributed by atoms with E-state index in [1.54, 1.807) is 14.0 Å². The van der Waals surface area contributed by atoms with E-state index in [1.807, 2.05) is 13.0 Å². The van der Waals surface area contributed by atoms with Crippen molar-refractivity contribution in [2.75, 3.05) is 13.7 Å². The molecule has 0 saturated heterocycles. The fraction of sp³-hybridized carbons (Fsp3) is 0.750. The first kappa shape index (κ1) is 9.66. The fourth-order valence-electron chi connectivity index (χ4n) is 0.795. The number of methoxy groups -OCH3 is 1. The van der Waals surface area contributed by atoms with E-state index in [-0.39, 0.29) is 6.10 Å². The summed E-state index contributed by atoms with van der Waals surface area (Å²) in [4.78, 5) is 0. The molecular weight excluding hydrogens is 128 g/mol. The van der Waals surface area contributed by atoms with Gasteiger partial charge in [-0.2, -0.15) is 0 Å². The van der Waals surface area contributed by atoms with Crippen LogP contribution in [0.1, 0.15) is 20.3 Å². The topological polar surface area (TPSA) is 29.5 Å². The van der Waals surface area contributed by atoms with Gasteiger partial charge in [0.1, 0.15) is 0 Å². The van der Waals surface area contributed by atoms with Crippen molar-refractivity contribution in [3.8, 4) is 0 Å². The largest absolute Gasteiger partial charge is 0.389 e. The summed E-state index contributed by atoms with van der Waals surface area (Å²) < 4.78 is 4.92. The Labute approximate surface area is 62.5 Å². The minimum Gasteiger partial charge on any atom is -0.389 e. The Kier molecular flexibility index (Phi) is 5.26. The van der Waals surface area contributed by atoms with Crippen LogP contribution >= 0.6 is 0 Å². The molecular formula is C8H16O2. The lowest BCUT2D eigenvalue weighted by atomic mass is 10.2. The molecule has 2 heteroatoms. The van der Waals surface area contributed by atoms with E-state index < -0.39 is 0 Å². The zero-order valence-electron chi connectivity index (χ0n) is 6.92. The van der Waals surface area contributed by atoms with Crippen LogP contribution in [0.2, 0.25) is 0 Å². The smallest absolute Gasteiger partial charge is 0.0696 e.